The Morgan fingerprint density at radius 3 is 1.97 bits per heavy atom. The van der Waals surface area contributed by atoms with E-state index in [9.17, 15) is 4.79 Å². The average molecular weight is 406 g/mol. The molecular weight excluding hydrogens is 366 g/mol. The van der Waals surface area contributed by atoms with E-state index in [2.05, 4.69) is 67.3 Å². The second-order valence-corrected chi connectivity index (χ2v) is 9.15. The number of carbonyl (C=O) groups excluding carboxylic acids is 1. The molecule has 3 rings (SSSR count). The van der Waals surface area contributed by atoms with Crippen LogP contribution in [0.15, 0.2) is 54.6 Å². The van der Waals surface area contributed by atoms with Crippen molar-refractivity contribution in [3.8, 4) is 0 Å². The van der Waals surface area contributed by atoms with E-state index in [1.807, 2.05) is 6.07 Å². The molecule has 1 amide bonds. The van der Waals surface area contributed by atoms with Crippen LogP contribution >= 0.6 is 0 Å². The zero-order valence-electron chi connectivity index (χ0n) is 19.0. The van der Waals surface area contributed by atoms with Gasteiger partial charge in [-0.3, -0.25) is 4.79 Å². The topological polar surface area (TPSA) is 20.3 Å². The molecular formula is C28H39NO. The summed E-state index contributed by atoms with van der Waals surface area (Å²) in [5.74, 6) is 0.267. The smallest absolute Gasteiger partial charge is 0.237 e. The molecule has 1 aliphatic heterocycles. The maximum atomic E-state index is 13.5. The molecule has 0 saturated heterocycles. The first-order valence-corrected chi connectivity index (χ1v) is 12.1. The molecule has 1 heterocycles. The molecule has 30 heavy (non-hydrogen) atoms. The molecule has 1 aliphatic rings. The van der Waals surface area contributed by atoms with Crippen LogP contribution in [0.3, 0.4) is 0 Å². The summed E-state index contributed by atoms with van der Waals surface area (Å²) >= 11 is 0. The number of hydrogen-bond donors (Lipinski definition) is 0. The highest BCUT2D eigenvalue weighted by Crippen LogP contribution is 2.43. The second kappa shape index (κ2) is 11.3. The van der Waals surface area contributed by atoms with Crippen LogP contribution in [0.25, 0.3) is 0 Å². The van der Waals surface area contributed by atoms with Gasteiger partial charge in [-0.25, -0.2) is 0 Å². The molecule has 0 bridgehead atoms. The normalized spacial score (nSPS) is 18.1. The summed E-state index contributed by atoms with van der Waals surface area (Å²) in [4.78, 5) is 15.6. The van der Waals surface area contributed by atoms with Crippen molar-refractivity contribution in [2.75, 3.05) is 11.4 Å². The van der Waals surface area contributed by atoms with E-state index in [1.165, 1.54) is 68.9 Å². The van der Waals surface area contributed by atoms with Crippen LogP contribution in [0.5, 0.6) is 0 Å². The number of para-hydroxylation sites is 1. The number of nitrogens with zero attached hydrogens (tertiary/aromatic N) is 1. The monoisotopic (exact) mass is 405 g/mol. The fourth-order valence-corrected chi connectivity index (χ4v) is 4.85. The Morgan fingerprint density at radius 2 is 1.30 bits per heavy atom. The third-order valence-corrected chi connectivity index (χ3v) is 6.64. The van der Waals surface area contributed by atoms with E-state index in [4.69, 9.17) is 0 Å². The summed E-state index contributed by atoms with van der Waals surface area (Å²) in [6.45, 7) is 5.24. The number of anilines is 1. The Bertz CT molecular complexity index is 784. The van der Waals surface area contributed by atoms with Crippen LogP contribution in [0.2, 0.25) is 0 Å². The van der Waals surface area contributed by atoms with Gasteiger partial charge in [-0.15, -0.1) is 0 Å². The van der Waals surface area contributed by atoms with Gasteiger partial charge >= 0.3 is 0 Å². The summed E-state index contributed by atoms with van der Waals surface area (Å²) in [5, 5.41) is 0. The minimum Gasteiger partial charge on any atom is -0.311 e. The number of fused-ring (bicyclic) bond motifs is 1. The van der Waals surface area contributed by atoms with Gasteiger partial charge < -0.3 is 4.90 Å². The number of carbonyl (C=O) groups is 1. The third-order valence-electron chi connectivity index (χ3n) is 6.64. The summed E-state index contributed by atoms with van der Waals surface area (Å²) < 4.78 is 0. The number of benzene rings is 2. The molecule has 0 spiro atoms. The van der Waals surface area contributed by atoms with E-state index in [0.29, 0.717) is 0 Å². The van der Waals surface area contributed by atoms with Gasteiger partial charge in [-0.1, -0.05) is 113 Å². The van der Waals surface area contributed by atoms with Crippen LogP contribution in [0.1, 0.15) is 89.2 Å². The molecule has 2 aromatic carbocycles. The van der Waals surface area contributed by atoms with Crippen molar-refractivity contribution in [3.05, 3.63) is 65.7 Å². The Hall–Kier alpha value is -2.09. The number of rotatable bonds is 13. The van der Waals surface area contributed by atoms with Crippen LogP contribution in [0.4, 0.5) is 5.69 Å². The van der Waals surface area contributed by atoms with Gasteiger partial charge in [0.1, 0.15) is 0 Å². The van der Waals surface area contributed by atoms with E-state index in [1.54, 1.807) is 0 Å². The molecule has 2 nitrogen and oxygen atoms in total. The van der Waals surface area contributed by atoms with Gasteiger partial charge in [-0.05, 0) is 37.0 Å². The van der Waals surface area contributed by atoms with Gasteiger partial charge in [-0.2, -0.15) is 0 Å². The molecule has 1 unspecified atom stereocenters. The number of unbranched alkanes of at least 4 members (excludes halogenated alkanes) is 9. The van der Waals surface area contributed by atoms with E-state index < -0.39 is 5.41 Å². The molecule has 0 saturated carbocycles. The standard InChI is InChI=1S/C28H39NO/c1-3-4-5-6-7-8-9-10-11-17-22-29-26-21-16-15-20-25(26)28(2,27(29)30)23-24-18-13-12-14-19-24/h12-16,18-21H,3-11,17,22-23H2,1-2H3. The number of amides is 1. The van der Waals surface area contributed by atoms with Gasteiger partial charge in [0.2, 0.25) is 5.91 Å². The quantitative estimate of drug-likeness (QED) is 0.317. The minimum absolute atomic E-state index is 0.267. The summed E-state index contributed by atoms with van der Waals surface area (Å²) in [7, 11) is 0. The van der Waals surface area contributed by atoms with Crippen molar-refractivity contribution in [1.82, 2.24) is 0 Å². The van der Waals surface area contributed by atoms with Crippen molar-refractivity contribution >= 4 is 11.6 Å². The molecule has 0 aromatic heterocycles. The lowest BCUT2D eigenvalue weighted by Gasteiger charge is -2.24. The zero-order chi connectivity index (χ0) is 21.2. The third kappa shape index (κ3) is 5.53. The summed E-state index contributed by atoms with van der Waals surface area (Å²) in [5.41, 5.74) is 3.07. The van der Waals surface area contributed by atoms with Gasteiger partial charge in [0.25, 0.3) is 0 Å². The van der Waals surface area contributed by atoms with Crippen LogP contribution in [-0.4, -0.2) is 12.5 Å². The molecule has 2 aromatic rings. The molecule has 0 radical (unpaired) electrons. The predicted molar refractivity (Wildman–Crippen MR) is 128 cm³/mol. The molecule has 1 atom stereocenters. The first-order valence-electron chi connectivity index (χ1n) is 12.1. The molecule has 0 N–H and O–H groups in total. The number of hydrogen-bond acceptors (Lipinski definition) is 1. The highest BCUT2D eigenvalue weighted by Gasteiger charge is 2.46. The van der Waals surface area contributed by atoms with Gasteiger partial charge in [0.15, 0.2) is 0 Å². The van der Waals surface area contributed by atoms with Gasteiger partial charge in [0.05, 0.1) is 5.41 Å². The lowest BCUT2D eigenvalue weighted by molar-refractivity contribution is -0.122. The minimum atomic E-state index is -0.462. The fourth-order valence-electron chi connectivity index (χ4n) is 4.85. The predicted octanol–water partition coefficient (Wildman–Crippen LogP) is 7.45. The lowest BCUT2D eigenvalue weighted by atomic mass is 9.78. The Balaban J connectivity index is 1.51. The SMILES string of the molecule is CCCCCCCCCCCCN1C(=O)C(C)(Cc2ccccc2)c2ccccc21. The molecule has 0 fully saturated rings. The van der Waals surface area contributed by atoms with Gasteiger partial charge in [0, 0.05) is 12.2 Å². The Labute approximate surface area is 183 Å². The van der Waals surface area contributed by atoms with Crippen LogP contribution in [0, 0.1) is 0 Å². The first kappa shape index (κ1) is 22.6. The van der Waals surface area contributed by atoms with Crippen molar-refractivity contribution < 1.29 is 4.79 Å². The summed E-state index contributed by atoms with van der Waals surface area (Å²) in [6.07, 6.45) is 14.0. The largest absolute Gasteiger partial charge is 0.311 e. The maximum Gasteiger partial charge on any atom is 0.237 e. The van der Waals surface area contributed by atoms with Crippen molar-refractivity contribution in [2.45, 2.75) is 89.9 Å². The van der Waals surface area contributed by atoms with Crippen molar-refractivity contribution in [1.29, 1.82) is 0 Å². The fraction of sp³-hybridized carbons (Fsp3) is 0.536. The average Bonchev–Trinajstić information content (AvgIpc) is 2.97. The maximum absolute atomic E-state index is 13.5. The molecule has 162 valence electrons. The molecule has 2 heteroatoms. The van der Waals surface area contributed by atoms with Crippen LogP contribution in [-0.2, 0) is 16.6 Å². The van der Waals surface area contributed by atoms with E-state index in [0.717, 1.165) is 25.1 Å². The Kier molecular flexibility index (Phi) is 8.54. The summed E-state index contributed by atoms with van der Waals surface area (Å²) in [6, 6.07) is 18.8. The van der Waals surface area contributed by atoms with E-state index in [-0.39, 0.29) is 5.91 Å². The highest BCUT2D eigenvalue weighted by molar-refractivity contribution is 6.08. The Morgan fingerprint density at radius 1 is 0.733 bits per heavy atom. The first-order chi connectivity index (χ1) is 14.7. The second-order valence-electron chi connectivity index (χ2n) is 9.15. The van der Waals surface area contributed by atoms with E-state index >= 15 is 0 Å². The molecule has 0 aliphatic carbocycles. The zero-order valence-corrected chi connectivity index (χ0v) is 19.0. The lowest BCUT2D eigenvalue weighted by Crippen LogP contribution is -2.40. The van der Waals surface area contributed by atoms with Crippen LogP contribution < -0.4 is 4.90 Å². The van der Waals surface area contributed by atoms with Crippen molar-refractivity contribution in [3.63, 3.8) is 0 Å². The van der Waals surface area contributed by atoms with Crippen molar-refractivity contribution in [2.24, 2.45) is 0 Å². The highest BCUT2D eigenvalue weighted by atomic mass is 16.2.